The molecule has 1 aromatic rings. The molecule has 5 nitrogen and oxygen atoms in total. The molecule has 0 aromatic heterocycles. The summed E-state index contributed by atoms with van der Waals surface area (Å²) in [5.74, 6) is 0.213. The molecule has 1 amide bonds. The molecular formula is C19H27ClN2O3S. The van der Waals surface area contributed by atoms with Gasteiger partial charge < -0.3 is 5.32 Å². The van der Waals surface area contributed by atoms with Crippen LogP contribution in [-0.4, -0.2) is 37.8 Å². The lowest BCUT2D eigenvalue weighted by molar-refractivity contribution is -0.127. The molecule has 2 aliphatic rings. The highest BCUT2D eigenvalue weighted by Gasteiger charge is 2.34. The van der Waals surface area contributed by atoms with Crippen LogP contribution in [0.2, 0.25) is 5.02 Å². The second-order valence-electron chi connectivity index (χ2n) is 7.53. The van der Waals surface area contributed by atoms with E-state index < -0.39 is 10.0 Å². The van der Waals surface area contributed by atoms with Crippen molar-refractivity contribution in [2.45, 2.75) is 56.4 Å². The van der Waals surface area contributed by atoms with Crippen LogP contribution in [0.1, 0.15) is 45.4 Å². The monoisotopic (exact) mass is 398 g/mol. The Morgan fingerprint density at radius 2 is 1.81 bits per heavy atom. The average molecular weight is 399 g/mol. The van der Waals surface area contributed by atoms with Crippen LogP contribution in [-0.2, 0) is 14.8 Å². The van der Waals surface area contributed by atoms with Crippen molar-refractivity contribution in [3.05, 3.63) is 29.3 Å². The van der Waals surface area contributed by atoms with Gasteiger partial charge in [0.05, 0.1) is 10.8 Å². The van der Waals surface area contributed by atoms with E-state index >= 15 is 0 Å². The van der Waals surface area contributed by atoms with Crippen molar-refractivity contribution in [1.82, 2.24) is 9.62 Å². The van der Waals surface area contributed by atoms with Crippen LogP contribution in [0.4, 0.5) is 0 Å². The Kier molecular flexibility index (Phi) is 6.25. The lowest BCUT2D eigenvalue weighted by Crippen LogP contribution is -2.49. The maximum absolute atomic E-state index is 12.9. The number of halogens is 1. The molecule has 3 unspecified atom stereocenters. The Balaban J connectivity index is 1.66. The average Bonchev–Trinajstić information content (AvgIpc) is 2.64. The summed E-state index contributed by atoms with van der Waals surface area (Å²) < 4.78 is 27.2. The van der Waals surface area contributed by atoms with E-state index in [9.17, 15) is 13.2 Å². The highest BCUT2D eigenvalue weighted by atomic mass is 35.5. The molecule has 1 heterocycles. The molecule has 3 atom stereocenters. The molecule has 2 fully saturated rings. The fourth-order valence-electron chi connectivity index (χ4n) is 3.96. The van der Waals surface area contributed by atoms with Gasteiger partial charge in [0.25, 0.3) is 0 Å². The number of carbonyl (C=O) groups excluding carboxylic acids is 1. The minimum Gasteiger partial charge on any atom is -0.353 e. The molecule has 1 saturated carbocycles. The molecule has 1 aliphatic heterocycles. The van der Waals surface area contributed by atoms with Gasteiger partial charge in [-0.2, -0.15) is 4.31 Å². The van der Waals surface area contributed by atoms with E-state index in [-0.39, 0.29) is 29.3 Å². The molecule has 0 radical (unpaired) electrons. The summed E-state index contributed by atoms with van der Waals surface area (Å²) in [5.41, 5.74) is 0. The zero-order valence-electron chi connectivity index (χ0n) is 15.2. The first-order chi connectivity index (χ1) is 12.4. The van der Waals surface area contributed by atoms with Crippen molar-refractivity contribution >= 4 is 27.5 Å². The number of hydrogen-bond donors (Lipinski definition) is 1. The summed E-state index contributed by atoms with van der Waals surface area (Å²) in [5, 5.41) is 3.68. The number of carbonyl (C=O) groups is 1. The molecule has 3 rings (SSSR count). The van der Waals surface area contributed by atoms with Crippen molar-refractivity contribution in [2.75, 3.05) is 13.1 Å². The smallest absolute Gasteiger partial charge is 0.243 e. The number of amides is 1. The lowest BCUT2D eigenvalue weighted by atomic mass is 9.85. The van der Waals surface area contributed by atoms with Crippen LogP contribution in [0.5, 0.6) is 0 Å². The van der Waals surface area contributed by atoms with Crippen molar-refractivity contribution in [2.24, 2.45) is 11.8 Å². The molecule has 1 aromatic carbocycles. The number of sulfonamides is 1. The maximum atomic E-state index is 12.9. The number of piperidine rings is 1. The van der Waals surface area contributed by atoms with Crippen LogP contribution >= 0.6 is 11.6 Å². The van der Waals surface area contributed by atoms with Gasteiger partial charge in [-0.15, -0.1) is 0 Å². The summed E-state index contributed by atoms with van der Waals surface area (Å²) >= 11 is 5.86. The largest absolute Gasteiger partial charge is 0.353 e. The topological polar surface area (TPSA) is 66.5 Å². The number of nitrogens with zero attached hydrogens (tertiary/aromatic N) is 1. The third-order valence-corrected chi connectivity index (χ3v) is 7.78. The predicted octanol–water partition coefficient (Wildman–Crippen LogP) is 3.44. The second-order valence-corrected chi connectivity index (χ2v) is 9.91. The van der Waals surface area contributed by atoms with E-state index in [0.29, 0.717) is 23.9 Å². The standard InChI is InChI=1S/C19H27ClN2O3S/c1-14-5-2-3-7-18(14)21-19(23)15-6-4-12-22(13-15)26(24,25)17-10-8-16(20)9-11-17/h8-11,14-15,18H,2-7,12-13H2,1H3,(H,21,23). The van der Waals surface area contributed by atoms with Gasteiger partial charge in [0.2, 0.25) is 15.9 Å². The van der Waals surface area contributed by atoms with Gasteiger partial charge in [0.1, 0.15) is 0 Å². The fourth-order valence-corrected chi connectivity index (χ4v) is 5.61. The SMILES string of the molecule is CC1CCCCC1NC(=O)C1CCCN(S(=O)(=O)c2ccc(Cl)cc2)C1. The number of benzene rings is 1. The molecule has 1 N–H and O–H groups in total. The predicted molar refractivity (Wildman–Crippen MR) is 102 cm³/mol. The van der Waals surface area contributed by atoms with Gasteiger partial charge >= 0.3 is 0 Å². The van der Waals surface area contributed by atoms with Crippen LogP contribution in [0.15, 0.2) is 29.2 Å². The van der Waals surface area contributed by atoms with Gasteiger partial charge in [-0.05, 0) is 55.9 Å². The Labute approximate surface area is 161 Å². The molecule has 144 valence electrons. The van der Waals surface area contributed by atoms with Gasteiger partial charge in [-0.3, -0.25) is 4.79 Å². The van der Waals surface area contributed by atoms with E-state index in [1.54, 1.807) is 12.1 Å². The Morgan fingerprint density at radius 3 is 2.50 bits per heavy atom. The summed E-state index contributed by atoms with van der Waals surface area (Å²) in [6.07, 6.45) is 5.98. The Bertz CT molecular complexity index is 736. The first kappa shape index (κ1) is 19.6. The normalized spacial score (nSPS) is 27.8. The van der Waals surface area contributed by atoms with Crippen molar-refractivity contribution in [3.63, 3.8) is 0 Å². The van der Waals surface area contributed by atoms with Crippen LogP contribution in [0.3, 0.4) is 0 Å². The zero-order valence-corrected chi connectivity index (χ0v) is 16.7. The minimum absolute atomic E-state index is 0.000226. The van der Waals surface area contributed by atoms with Gasteiger partial charge in [0.15, 0.2) is 0 Å². The van der Waals surface area contributed by atoms with Crippen molar-refractivity contribution < 1.29 is 13.2 Å². The second kappa shape index (κ2) is 8.28. The quantitative estimate of drug-likeness (QED) is 0.844. The first-order valence-corrected chi connectivity index (χ1v) is 11.3. The highest BCUT2D eigenvalue weighted by Crippen LogP contribution is 2.27. The number of hydrogen-bond acceptors (Lipinski definition) is 3. The van der Waals surface area contributed by atoms with Gasteiger partial charge in [-0.25, -0.2) is 8.42 Å². The molecule has 26 heavy (non-hydrogen) atoms. The molecule has 1 aliphatic carbocycles. The van der Waals surface area contributed by atoms with Gasteiger partial charge in [-0.1, -0.05) is 31.4 Å². The summed E-state index contributed by atoms with van der Waals surface area (Å²) in [6.45, 7) is 2.88. The molecular weight excluding hydrogens is 372 g/mol. The lowest BCUT2D eigenvalue weighted by Gasteiger charge is -2.34. The Morgan fingerprint density at radius 1 is 1.12 bits per heavy atom. The molecule has 7 heteroatoms. The molecule has 1 saturated heterocycles. The van der Waals surface area contributed by atoms with Crippen molar-refractivity contribution in [3.8, 4) is 0 Å². The van der Waals surface area contributed by atoms with E-state index in [1.165, 1.54) is 22.9 Å². The van der Waals surface area contributed by atoms with E-state index in [0.717, 1.165) is 25.7 Å². The van der Waals surface area contributed by atoms with Gasteiger partial charge in [0, 0.05) is 24.2 Å². The summed E-state index contributed by atoms with van der Waals surface area (Å²) in [4.78, 5) is 12.9. The number of rotatable bonds is 4. The molecule has 0 bridgehead atoms. The first-order valence-electron chi connectivity index (χ1n) is 9.44. The summed E-state index contributed by atoms with van der Waals surface area (Å²) in [7, 11) is -3.59. The number of nitrogens with one attached hydrogen (secondary N) is 1. The van der Waals surface area contributed by atoms with E-state index in [1.807, 2.05) is 0 Å². The van der Waals surface area contributed by atoms with Crippen LogP contribution in [0.25, 0.3) is 0 Å². The third kappa shape index (κ3) is 4.41. The van der Waals surface area contributed by atoms with Crippen LogP contribution in [0, 0.1) is 11.8 Å². The van der Waals surface area contributed by atoms with E-state index in [4.69, 9.17) is 11.6 Å². The fraction of sp³-hybridized carbons (Fsp3) is 0.632. The van der Waals surface area contributed by atoms with Crippen LogP contribution < -0.4 is 5.32 Å². The van der Waals surface area contributed by atoms with E-state index in [2.05, 4.69) is 12.2 Å². The maximum Gasteiger partial charge on any atom is 0.243 e. The van der Waals surface area contributed by atoms with Crippen molar-refractivity contribution in [1.29, 1.82) is 0 Å². The summed E-state index contributed by atoms with van der Waals surface area (Å²) in [6, 6.07) is 6.41. The Hall–Kier alpha value is -1.11. The molecule has 0 spiro atoms. The highest BCUT2D eigenvalue weighted by molar-refractivity contribution is 7.89. The minimum atomic E-state index is -3.59. The third-order valence-electron chi connectivity index (χ3n) is 5.65. The zero-order chi connectivity index (χ0) is 18.7.